The smallest absolute Gasteiger partial charge is 0.234 e. The zero-order valence-corrected chi connectivity index (χ0v) is 13.7. The van der Waals surface area contributed by atoms with Crippen molar-refractivity contribution in [3.8, 4) is 5.75 Å². The number of ketones is 2. The van der Waals surface area contributed by atoms with Crippen LogP contribution >= 0.6 is 0 Å². The molecule has 0 bridgehead atoms. The van der Waals surface area contributed by atoms with Crippen LogP contribution in [0, 0.1) is 0 Å². The van der Waals surface area contributed by atoms with E-state index in [2.05, 4.69) is 19.9 Å². The van der Waals surface area contributed by atoms with E-state index in [4.69, 9.17) is 4.74 Å². The van der Waals surface area contributed by atoms with Crippen LogP contribution in [0.2, 0.25) is 0 Å². The highest BCUT2D eigenvalue weighted by atomic mass is 16.5. The van der Waals surface area contributed by atoms with Gasteiger partial charge in [0.2, 0.25) is 11.6 Å². The molecule has 0 unspecified atom stereocenters. The third kappa shape index (κ3) is 2.91. The van der Waals surface area contributed by atoms with Gasteiger partial charge < -0.3 is 4.74 Å². The predicted molar refractivity (Wildman–Crippen MR) is 91.5 cm³/mol. The third-order valence-electron chi connectivity index (χ3n) is 4.24. The topological polar surface area (TPSA) is 43.4 Å². The number of carbonyl (C=O) groups excluding carboxylic acids is 2. The molecule has 0 saturated heterocycles. The molecule has 0 N–H and O–H groups in total. The Labute approximate surface area is 136 Å². The summed E-state index contributed by atoms with van der Waals surface area (Å²) in [4.78, 5) is 23.9. The summed E-state index contributed by atoms with van der Waals surface area (Å²) in [6.07, 6.45) is 10.9. The van der Waals surface area contributed by atoms with E-state index in [0.717, 1.165) is 18.4 Å². The Morgan fingerprint density at radius 3 is 2.70 bits per heavy atom. The molecule has 1 heterocycles. The van der Waals surface area contributed by atoms with Crippen LogP contribution in [-0.2, 0) is 4.79 Å². The summed E-state index contributed by atoms with van der Waals surface area (Å²) < 4.78 is 6.15. The highest BCUT2D eigenvalue weighted by Crippen LogP contribution is 2.38. The van der Waals surface area contributed by atoms with E-state index in [9.17, 15) is 9.59 Å². The van der Waals surface area contributed by atoms with Gasteiger partial charge in [-0.05, 0) is 57.4 Å². The lowest BCUT2D eigenvalue weighted by atomic mass is 9.87. The van der Waals surface area contributed by atoms with Crippen LogP contribution in [-0.4, -0.2) is 17.2 Å². The predicted octanol–water partition coefficient (Wildman–Crippen LogP) is 4.38. The molecule has 0 spiro atoms. The standard InChI is InChI=1S/C20H20O3/c1-13(2)5-4-11-20(3)12-10-15-17(23-20)9-7-14-6-8-16(21)19(22)18(14)15/h5-10,12H,4,11H2,1-3H3/t20-/m1/s1. The van der Waals surface area contributed by atoms with E-state index in [1.165, 1.54) is 11.6 Å². The van der Waals surface area contributed by atoms with Crippen LogP contribution < -0.4 is 4.74 Å². The fraction of sp³-hybridized carbons (Fsp3) is 0.300. The average Bonchev–Trinajstić information content (AvgIpc) is 2.50. The highest BCUT2D eigenvalue weighted by Gasteiger charge is 2.31. The van der Waals surface area contributed by atoms with Gasteiger partial charge in [-0.15, -0.1) is 0 Å². The molecule has 2 aliphatic rings. The number of rotatable bonds is 3. The summed E-state index contributed by atoms with van der Waals surface area (Å²) in [5.41, 5.74) is 2.83. The fourth-order valence-electron chi connectivity index (χ4n) is 2.96. The van der Waals surface area contributed by atoms with Gasteiger partial charge >= 0.3 is 0 Å². The lowest BCUT2D eigenvalue weighted by Crippen LogP contribution is -2.32. The average molecular weight is 308 g/mol. The van der Waals surface area contributed by atoms with Crippen LogP contribution in [0.5, 0.6) is 5.75 Å². The molecule has 0 amide bonds. The molecular weight excluding hydrogens is 288 g/mol. The lowest BCUT2D eigenvalue weighted by Gasteiger charge is -2.32. The Kier molecular flexibility index (Phi) is 3.80. The van der Waals surface area contributed by atoms with Crippen molar-refractivity contribution in [1.82, 2.24) is 0 Å². The minimum absolute atomic E-state index is 0.398. The zero-order valence-electron chi connectivity index (χ0n) is 13.7. The van der Waals surface area contributed by atoms with Crippen LogP contribution in [0.4, 0.5) is 0 Å². The number of fused-ring (bicyclic) bond motifs is 3. The summed E-state index contributed by atoms with van der Waals surface area (Å²) >= 11 is 0. The summed E-state index contributed by atoms with van der Waals surface area (Å²) in [6.45, 7) is 6.20. The van der Waals surface area contributed by atoms with Gasteiger partial charge in [0.25, 0.3) is 0 Å². The molecule has 23 heavy (non-hydrogen) atoms. The van der Waals surface area contributed by atoms with Crippen molar-refractivity contribution >= 4 is 23.7 Å². The van der Waals surface area contributed by atoms with E-state index in [-0.39, 0.29) is 0 Å². The number of allylic oxidation sites excluding steroid dienone is 3. The summed E-state index contributed by atoms with van der Waals surface area (Å²) in [5, 5.41) is 0. The molecule has 0 aromatic heterocycles. The molecule has 0 radical (unpaired) electrons. The van der Waals surface area contributed by atoms with E-state index in [1.807, 2.05) is 31.2 Å². The number of ether oxygens (including phenoxy) is 1. The normalized spacial score (nSPS) is 21.5. The van der Waals surface area contributed by atoms with E-state index in [0.29, 0.717) is 16.9 Å². The molecule has 1 aromatic rings. The first kappa shape index (κ1) is 15.5. The van der Waals surface area contributed by atoms with Crippen molar-refractivity contribution in [2.24, 2.45) is 0 Å². The number of hydrogen-bond donors (Lipinski definition) is 0. The van der Waals surface area contributed by atoms with Crippen molar-refractivity contribution in [1.29, 1.82) is 0 Å². The lowest BCUT2D eigenvalue weighted by molar-refractivity contribution is -0.110. The first-order valence-corrected chi connectivity index (χ1v) is 7.85. The second kappa shape index (κ2) is 5.65. The van der Waals surface area contributed by atoms with Crippen molar-refractivity contribution in [3.63, 3.8) is 0 Å². The van der Waals surface area contributed by atoms with Crippen LogP contribution in [0.15, 0.2) is 35.9 Å². The maximum Gasteiger partial charge on any atom is 0.234 e. The van der Waals surface area contributed by atoms with Crippen LogP contribution in [0.25, 0.3) is 12.2 Å². The van der Waals surface area contributed by atoms with E-state index >= 15 is 0 Å². The quantitative estimate of drug-likeness (QED) is 0.615. The minimum Gasteiger partial charge on any atom is -0.483 e. The molecule has 0 fully saturated rings. The highest BCUT2D eigenvalue weighted by molar-refractivity contribution is 6.50. The van der Waals surface area contributed by atoms with Gasteiger partial charge in [-0.3, -0.25) is 9.59 Å². The second-order valence-electron chi connectivity index (χ2n) is 6.54. The molecule has 1 aliphatic heterocycles. The minimum atomic E-state index is -0.476. The Bertz CT molecular complexity index is 776. The van der Waals surface area contributed by atoms with Gasteiger partial charge in [-0.1, -0.05) is 29.9 Å². The van der Waals surface area contributed by atoms with E-state index < -0.39 is 17.2 Å². The number of hydrogen-bond acceptors (Lipinski definition) is 3. The van der Waals surface area contributed by atoms with Gasteiger partial charge in [0, 0.05) is 11.1 Å². The summed E-state index contributed by atoms with van der Waals surface area (Å²) in [6, 6.07) is 3.72. The zero-order chi connectivity index (χ0) is 16.6. The van der Waals surface area contributed by atoms with Crippen LogP contribution in [0.3, 0.4) is 0 Å². The van der Waals surface area contributed by atoms with Crippen molar-refractivity contribution in [2.75, 3.05) is 0 Å². The summed E-state index contributed by atoms with van der Waals surface area (Å²) in [5.74, 6) is -0.265. The van der Waals surface area contributed by atoms with Crippen molar-refractivity contribution in [2.45, 2.75) is 39.2 Å². The maximum atomic E-state index is 12.2. The molecule has 1 aliphatic carbocycles. The fourth-order valence-corrected chi connectivity index (χ4v) is 2.96. The third-order valence-corrected chi connectivity index (χ3v) is 4.24. The molecule has 118 valence electrons. The second-order valence-corrected chi connectivity index (χ2v) is 6.54. The maximum absolute atomic E-state index is 12.2. The largest absolute Gasteiger partial charge is 0.483 e. The van der Waals surface area contributed by atoms with Crippen molar-refractivity contribution in [3.05, 3.63) is 52.6 Å². The molecular formula is C20H20O3. The van der Waals surface area contributed by atoms with Gasteiger partial charge in [-0.2, -0.15) is 0 Å². The van der Waals surface area contributed by atoms with Gasteiger partial charge in [0.05, 0.1) is 0 Å². The van der Waals surface area contributed by atoms with Gasteiger partial charge in [0.1, 0.15) is 11.4 Å². The number of Topliss-reactive ketones (excluding diaryl/α,β-unsaturated/α-hetero) is 1. The first-order chi connectivity index (χ1) is 10.9. The van der Waals surface area contributed by atoms with Crippen molar-refractivity contribution < 1.29 is 14.3 Å². The Balaban J connectivity index is 1.93. The van der Waals surface area contributed by atoms with Gasteiger partial charge in [-0.25, -0.2) is 0 Å². The Hall–Kier alpha value is -2.42. The Morgan fingerprint density at radius 2 is 1.96 bits per heavy atom. The number of benzene rings is 1. The molecule has 1 atom stereocenters. The number of carbonyl (C=O) groups is 2. The van der Waals surface area contributed by atoms with E-state index in [1.54, 1.807) is 6.08 Å². The molecule has 3 rings (SSSR count). The molecule has 3 heteroatoms. The monoisotopic (exact) mass is 308 g/mol. The summed E-state index contributed by atoms with van der Waals surface area (Å²) in [7, 11) is 0. The van der Waals surface area contributed by atoms with Crippen LogP contribution in [0.1, 0.15) is 55.1 Å². The first-order valence-electron chi connectivity index (χ1n) is 7.85. The Morgan fingerprint density at radius 1 is 1.17 bits per heavy atom. The van der Waals surface area contributed by atoms with Gasteiger partial charge in [0.15, 0.2) is 0 Å². The SMILES string of the molecule is CC(C)=CCC[C@]1(C)C=Cc2c(ccc3c2C(=O)C(=O)C=C3)O1. The molecule has 0 saturated carbocycles. The molecule has 1 aromatic carbocycles. The molecule has 3 nitrogen and oxygen atoms in total.